The van der Waals surface area contributed by atoms with Crippen LogP contribution in [0.2, 0.25) is 0 Å². The Morgan fingerprint density at radius 3 is 1.17 bits per heavy atom. The summed E-state index contributed by atoms with van der Waals surface area (Å²) in [5.41, 5.74) is 7.59. The largest absolute Gasteiger partial charge is 0.256 e. The zero-order valence-corrected chi connectivity index (χ0v) is 20.8. The maximum atomic E-state index is 4.69. The lowest BCUT2D eigenvalue weighted by Crippen LogP contribution is -2.10. The van der Waals surface area contributed by atoms with Crippen molar-refractivity contribution in [3.8, 4) is 22.4 Å². The molecule has 0 aliphatic rings. The molecule has 1 heteroatoms. The number of pyridine rings is 1. The van der Waals surface area contributed by atoms with Gasteiger partial charge in [-0.15, -0.1) is 0 Å². The van der Waals surface area contributed by atoms with Gasteiger partial charge in [0.05, 0.1) is 5.69 Å². The summed E-state index contributed by atoms with van der Waals surface area (Å²) in [5.74, 6) is 0. The van der Waals surface area contributed by atoms with Crippen molar-refractivity contribution >= 4 is 0 Å². The Balaban J connectivity index is 0.00000106. The van der Waals surface area contributed by atoms with Gasteiger partial charge < -0.3 is 0 Å². The molecule has 0 unspecified atom stereocenters. The molecule has 0 bridgehead atoms. The van der Waals surface area contributed by atoms with E-state index in [1.165, 1.54) is 16.7 Å². The summed E-state index contributed by atoms with van der Waals surface area (Å²) in [6, 6.07) is 21.8. The molecule has 2 aromatic carbocycles. The Kier molecular flexibility index (Phi) is 9.49. The molecule has 0 radical (unpaired) electrons. The van der Waals surface area contributed by atoms with Crippen LogP contribution in [0, 0.1) is 0 Å². The Morgan fingerprint density at radius 2 is 0.833 bits per heavy atom. The smallest absolute Gasteiger partial charge is 0.0702 e. The van der Waals surface area contributed by atoms with Crippen LogP contribution in [-0.4, -0.2) is 4.98 Å². The van der Waals surface area contributed by atoms with Crippen molar-refractivity contribution in [3.63, 3.8) is 0 Å². The summed E-state index contributed by atoms with van der Waals surface area (Å²) < 4.78 is 0. The first-order valence-corrected chi connectivity index (χ1v) is 11.3. The summed E-state index contributed by atoms with van der Waals surface area (Å²) in [4.78, 5) is 4.69. The van der Waals surface area contributed by atoms with Crippen LogP contribution in [0.1, 0.15) is 80.4 Å². The van der Waals surface area contributed by atoms with Crippen molar-refractivity contribution in [3.05, 3.63) is 78.0 Å². The van der Waals surface area contributed by atoms with Gasteiger partial charge in [-0.2, -0.15) is 0 Å². The van der Waals surface area contributed by atoms with Gasteiger partial charge >= 0.3 is 0 Å². The molecule has 162 valence electrons. The molecule has 1 heterocycles. The standard InChI is InChI=1S/C25H29N.2C2H6/c1-24(2,3)21-12-7-18(8-13-21)20-11-16-23(26-17-20)19-9-14-22(15-10-19)25(4,5)6;2*1-2/h7-17H,1-6H3;2*1-2H3. The van der Waals surface area contributed by atoms with Crippen LogP contribution in [0.15, 0.2) is 66.9 Å². The van der Waals surface area contributed by atoms with Crippen LogP contribution < -0.4 is 0 Å². The summed E-state index contributed by atoms with van der Waals surface area (Å²) in [5, 5.41) is 0. The summed E-state index contributed by atoms with van der Waals surface area (Å²) in [6.07, 6.45) is 1.97. The first-order chi connectivity index (χ1) is 14.1. The Hall–Kier alpha value is -2.41. The Morgan fingerprint density at radius 1 is 0.467 bits per heavy atom. The molecule has 1 aromatic heterocycles. The molecule has 0 spiro atoms. The molecule has 0 aliphatic carbocycles. The van der Waals surface area contributed by atoms with E-state index in [0.29, 0.717) is 0 Å². The molecule has 30 heavy (non-hydrogen) atoms. The molecule has 0 amide bonds. The van der Waals surface area contributed by atoms with E-state index in [9.17, 15) is 0 Å². The normalized spacial score (nSPS) is 11.0. The van der Waals surface area contributed by atoms with Gasteiger partial charge in [0.25, 0.3) is 0 Å². The van der Waals surface area contributed by atoms with Crippen molar-refractivity contribution in [1.82, 2.24) is 4.98 Å². The molecular weight excluding hydrogens is 362 g/mol. The molecule has 1 nitrogen and oxygen atoms in total. The monoisotopic (exact) mass is 403 g/mol. The SMILES string of the molecule is CC.CC.CC(C)(C)c1ccc(-c2ccc(-c3ccc(C(C)(C)C)cc3)nc2)cc1. The van der Waals surface area contributed by atoms with Gasteiger partial charge in [-0.3, -0.25) is 4.98 Å². The van der Waals surface area contributed by atoms with Crippen molar-refractivity contribution < 1.29 is 0 Å². The molecule has 0 aliphatic heterocycles. The summed E-state index contributed by atoms with van der Waals surface area (Å²) >= 11 is 0. The van der Waals surface area contributed by atoms with E-state index in [4.69, 9.17) is 0 Å². The predicted octanol–water partition coefficient (Wildman–Crippen LogP) is 9.06. The number of hydrogen-bond acceptors (Lipinski definition) is 1. The third-order valence-corrected chi connectivity index (χ3v) is 4.89. The van der Waals surface area contributed by atoms with Crippen molar-refractivity contribution in [2.45, 2.75) is 80.1 Å². The van der Waals surface area contributed by atoms with E-state index >= 15 is 0 Å². The van der Waals surface area contributed by atoms with Gasteiger partial charge in [-0.1, -0.05) is 124 Å². The fourth-order valence-electron chi connectivity index (χ4n) is 3.04. The molecule has 0 N–H and O–H groups in total. The lowest BCUT2D eigenvalue weighted by molar-refractivity contribution is 0.590. The average Bonchev–Trinajstić information content (AvgIpc) is 2.76. The zero-order valence-electron chi connectivity index (χ0n) is 20.8. The fourth-order valence-corrected chi connectivity index (χ4v) is 3.04. The molecule has 3 aromatic rings. The molecule has 0 saturated carbocycles. The average molecular weight is 404 g/mol. The highest BCUT2D eigenvalue weighted by molar-refractivity contribution is 5.67. The molecule has 0 atom stereocenters. The van der Waals surface area contributed by atoms with E-state index in [-0.39, 0.29) is 10.8 Å². The minimum Gasteiger partial charge on any atom is -0.256 e. The first-order valence-electron chi connectivity index (χ1n) is 11.3. The second-order valence-corrected chi connectivity index (χ2v) is 9.09. The van der Waals surface area contributed by atoms with E-state index in [2.05, 4.69) is 107 Å². The van der Waals surface area contributed by atoms with Gasteiger partial charge in [0.1, 0.15) is 0 Å². The molecule has 0 fully saturated rings. The minimum absolute atomic E-state index is 0.176. The topological polar surface area (TPSA) is 12.9 Å². The third-order valence-electron chi connectivity index (χ3n) is 4.89. The van der Waals surface area contributed by atoms with E-state index in [1.807, 2.05) is 33.9 Å². The number of nitrogens with zero attached hydrogens (tertiary/aromatic N) is 1. The second kappa shape index (κ2) is 11.1. The number of benzene rings is 2. The van der Waals surface area contributed by atoms with Gasteiger partial charge in [0, 0.05) is 17.3 Å². The van der Waals surface area contributed by atoms with Crippen molar-refractivity contribution in [1.29, 1.82) is 0 Å². The highest BCUT2D eigenvalue weighted by Gasteiger charge is 2.14. The third kappa shape index (κ3) is 6.83. The quantitative estimate of drug-likeness (QED) is 0.416. The van der Waals surface area contributed by atoms with Crippen LogP contribution in [0.4, 0.5) is 0 Å². The molecular formula is C29H41N. The van der Waals surface area contributed by atoms with Crippen molar-refractivity contribution in [2.75, 3.05) is 0 Å². The molecule has 3 rings (SSSR count). The van der Waals surface area contributed by atoms with Gasteiger partial charge in [0.2, 0.25) is 0 Å². The van der Waals surface area contributed by atoms with Gasteiger partial charge in [0.15, 0.2) is 0 Å². The Bertz CT molecular complexity index is 780. The Labute approximate surface area is 185 Å². The second-order valence-electron chi connectivity index (χ2n) is 9.09. The number of rotatable bonds is 2. The number of aromatic nitrogens is 1. The zero-order chi connectivity index (χ0) is 22.9. The van der Waals surface area contributed by atoms with Crippen LogP contribution in [0.5, 0.6) is 0 Å². The molecule has 0 saturated heterocycles. The maximum absolute atomic E-state index is 4.69. The highest BCUT2D eigenvalue weighted by Crippen LogP contribution is 2.28. The van der Waals surface area contributed by atoms with Gasteiger partial charge in [-0.25, -0.2) is 0 Å². The minimum atomic E-state index is 0.176. The predicted molar refractivity (Wildman–Crippen MR) is 135 cm³/mol. The lowest BCUT2D eigenvalue weighted by atomic mass is 9.86. The first kappa shape index (κ1) is 25.6. The van der Waals surface area contributed by atoms with E-state index < -0.39 is 0 Å². The van der Waals surface area contributed by atoms with Crippen LogP contribution >= 0.6 is 0 Å². The lowest BCUT2D eigenvalue weighted by Gasteiger charge is -2.19. The van der Waals surface area contributed by atoms with E-state index in [0.717, 1.165) is 16.8 Å². The van der Waals surface area contributed by atoms with Crippen LogP contribution in [0.3, 0.4) is 0 Å². The summed E-state index contributed by atoms with van der Waals surface area (Å²) in [6.45, 7) is 21.4. The maximum Gasteiger partial charge on any atom is 0.0702 e. The highest BCUT2D eigenvalue weighted by atomic mass is 14.7. The fraction of sp³-hybridized carbons (Fsp3) is 0.414. The van der Waals surface area contributed by atoms with Crippen LogP contribution in [-0.2, 0) is 10.8 Å². The van der Waals surface area contributed by atoms with Gasteiger partial charge in [-0.05, 0) is 33.6 Å². The summed E-state index contributed by atoms with van der Waals surface area (Å²) in [7, 11) is 0. The number of hydrogen-bond donors (Lipinski definition) is 0. The van der Waals surface area contributed by atoms with Crippen LogP contribution in [0.25, 0.3) is 22.4 Å². The van der Waals surface area contributed by atoms with E-state index in [1.54, 1.807) is 0 Å². The van der Waals surface area contributed by atoms with Crippen molar-refractivity contribution in [2.24, 2.45) is 0 Å².